The standard InChI is InChI=1S/C15H19ClN2O2/c16-12-3-1-2-11(6-12)13-7-14(13)17-15(20)18-5-4-10(8-18)9-19/h1-3,6,10,13-14,19H,4-5,7-9H2,(H,17,20). The van der Waals surface area contributed by atoms with Crippen LogP contribution in [0.25, 0.3) is 0 Å². The molecule has 4 nitrogen and oxygen atoms in total. The fraction of sp³-hybridized carbons (Fsp3) is 0.533. The monoisotopic (exact) mass is 294 g/mol. The number of halogens is 1. The molecule has 2 aliphatic rings. The predicted octanol–water partition coefficient (Wildman–Crippen LogP) is 2.22. The minimum Gasteiger partial charge on any atom is -0.396 e. The van der Waals surface area contributed by atoms with E-state index in [2.05, 4.69) is 11.4 Å². The SMILES string of the molecule is O=C(NC1CC1c1cccc(Cl)c1)N1CCC(CO)C1. The highest BCUT2D eigenvalue weighted by atomic mass is 35.5. The highest BCUT2D eigenvalue weighted by molar-refractivity contribution is 6.30. The predicted molar refractivity (Wildman–Crippen MR) is 77.9 cm³/mol. The van der Waals surface area contributed by atoms with Gasteiger partial charge in [0, 0.05) is 42.6 Å². The summed E-state index contributed by atoms with van der Waals surface area (Å²) in [6.45, 7) is 1.57. The fourth-order valence-corrected chi connectivity index (χ4v) is 3.07. The number of nitrogens with one attached hydrogen (secondary N) is 1. The van der Waals surface area contributed by atoms with Crippen LogP contribution in [0.4, 0.5) is 4.79 Å². The van der Waals surface area contributed by atoms with Crippen LogP contribution in [0.2, 0.25) is 5.02 Å². The molecular formula is C15H19ClN2O2. The molecule has 0 spiro atoms. The summed E-state index contributed by atoms with van der Waals surface area (Å²) in [4.78, 5) is 13.9. The van der Waals surface area contributed by atoms with Crippen LogP contribution in [0.1, 0.15) is 24.3 Å². The highest BCUT2D eigenvalue weighted by Gasteiger charge is 2.40. The normalized spacial score (nSPS) is 28.5. The second kappa shape index (κ2) is 5.62. The summed E-state index contributed by atoms with van der Waals surface area (Å²) in [7, 11) is 0. The van der Waals surface area contributed by atoms with Gasteiger partial charge < -0.3 is 15.3 Å². The van der Waals surface area contributed by atoms with Crippen molar-refractivity contribution in [2.45, 2.75) is 24.8 Å². The van der Waals surface area contributed by atoms with E-state index in [9.17, 15) is 4.79 Å². The van der Waals surface area contributed by atoms with Crippen molar-refractivity contribution in [3.05, 3.63) is 34.9 Å². The Morgan fingerprint density at radius 3 is 3.05 bits per heavy atom. The maximum Gasteiger partial charge on any atom is 0.317 e. The minimum atomic E-state index is -0.00419. The second-order valence-electron chi connectivity index (χ2n) is 5.74. The second-order valence-corrected chi connectivity index (χ2v) is 6.17. The summed E-state index contributed by atoms with van der Waals surface area (Å²) in [6, 6.07) is 8.04. The smallest absolute Gasteiger partial charge is 0.317 e. The van der Waals surface area contributed by atoms with Gasteiger partial charge in [-0.2, -0.15) is 0 Å². The van der Waals surface area contributed by atoms with Gasteiger partial charge in [0.2, 0.25) is 0 Å². The molecule has 1 heterocycles. The number of rotatable bonds is 3. The quantitative estimate of drug-likeness (QED) is 0.898. The van der Waals surface area contributed by atoms with Crippen molar-refractivity contribution >= 4 is 17.6 Å². The number of aliphatic hydroxyl groups excluding tert-OH is 1. The lowest BCUT2D eigenvalue weighted by atomic mass is 10.1. The molecule has 2 amide bonds. The van der Waals surface area contributed by atoms with Gasteiger partial charge in [-0.1, -0.05) is 23.7 Å². The molecule has 0 aromatic heterocycles. The Morgan fingerprint density at radius 1 is 1.50 bits per heavy atom. The van der Waals surface area contributed by atoms with Crippen molar-refractivity contribution in [2.24, 2.45) is 5.92 Å². The average molecular weight is 295 g/mol. The van der Waals surface area contributed by atoms with Gasteiger partial charge in [-0.15, -0.1) is 0 Å². The number of aliphatic hydroxyl groups is 1. The Morgan fingerprint density at radius 2 is 2.35 bits per heavy atom. The Bertz CT molecular complexity index is 508. The van der Waals surface area contributed by atoms with Crippen LogP contribution < -0.4 is 5.32 Å². The first kappa shape index (κ1) is 13.7. The Kier molecular flexibility index (Phi) is 3.85. The first-order valence-corrected chi connectivity index (χ1v) is 7.47. The van der Waals surface area contributed by atoms with Crippen LogP contribution in [0, 0.1) is 5.92 Å². The molecule has 5 heteroatoms. The van der Waals surface area contributed by atoms with Crippen LogP contribution in [0.15, 0.2) is 24.3 Å². The summed E-state index contributed by atoms with van der Waals surface area (Å²) in [5.41, 5.74) is 1.19. The maximum atomic E-state index is 12.1. The number of urea groups is 1. The van der Waals surface area contributed by atoms with Gasteiger partial charge in [-0.05, 0) is 30.5 Å². The molecule has 1 saturated heterocycles. The number of hydrogen-bond donors (Lipinski definition) is 2. The van der Waals surface area contributed by atoms with E-state index in [4.69, 9.17) is 16.7 Å². The van der Waals surface area contributed by atoms with Gasteiger partial charge in [-0.25, -0.2) is 4.79 Å². The van der Waals surface area contributed by atoms with E-state index >= 15 is 0 Å². The number of hydrogen-bond acceptors (Lipinski definition) is 2. The third-order valence-electron chi connectivity index (χ3n) is 4.21. The molecule has 3 unspecified atom stereocenters. The average Bonchev–Trinajstić information content (AvgIpc) is 3.03. The first-order chi connectivity index (χ1) is 9.67. The Balaban J connectivity index is 1.52. The van der Waals surface area contributed by atoms with E-state index < -0.39 is 0 Å². The molecular weight excluding hydrogens is 276 g/mol. The van der Waals surface area contributed by atoms with E-state index in [-0.39, 0.29) is 24.6 Å². The zero-order chi connectivity index (χ0) is 14.1. The summed E-state index contributed by atoms with van der Waals surface area (Å²) in [5.74, 6) is 0.623. The molecule has 3 rings (SSSR count). The molecule has 108 valence electrons. The molecule has 1 aliphatic heterocycles. The van der Waals surface area contributed by atoms with Crippen molar-refractivity contribution in [1.82, 2.24) is 10.2 Å². The number of likely N-dealkylation sites (tertiary alicyclic amines) is 1. The third kappa shape index (κ3) is 2.91. The number of nitrogens with zero attached hydrogens (tertiary/aromatic N) is 1. The summed E-state index contributed by atoms with van der Waals surface area (Å²) in [5, 5.41) is 12.9. The number of carbonyl (C=O) groups is 1. The lowest BCUT2D eigenvalue weighted by Crippen LogP contribution is -2.40. The fourth-order valence-electron chi connectivity index (χ4n) is 2.88. The largest absolute Gasteiger partial charge is 0.396 e. The molecule has 3 atom stereocenters. The number of amides is 2. The maximum absolute atomic E-state index is 12.1. The Labute approximate surface area is 123 Å². The van der Waals surface area contributed by atoms with Crippen molar-refractivity contribution in [2.75, 3.05) is 19.7 Å². The van der Waals surface area contributed by atoms with E-state index in [1.807, 2.05) is 18.2 Å². The number of benzene rings is 1. The van der Waals surface area contributed by atoms with Gasteiger partial charge in [-0.3, -0.25) is 0 Å². The van der Waals surface area contributed by atoms with E-state index in [1.54, 1.807) is 4.90 Å². The lowest BCUT2D eigenvalue weighted by Gasteiger charge is -2.17. The lowest BCUT2D eigenvalue weighted by molar-refractivity contribution is 0.198. The van der Waals surface area contributed by atoms with Crippen LogP contribution in [-0.2, 0) is 0 Å². The van der Waals surface area contributed by atoms with Crippen molar-refractivity contribution in [3.8, 4) is 0 Å². The first-order valence-electron chi connectivity index (χ1n) is 7.09. The van der Waals surface area contributed by atoms with Crippen molar-refractivity contribution < 1.29 is 9.90 Å². The van der Waals surface area contributed by atoms with Gasteiger partial charge in [0.05, 0.1) is 0 Å². The van der Waals surface area contributed by atoms with E-state index in [0.29, 0.717) is 12.5 Å². The zero-order valence-electron chi connectivity index (χ0n) is 11.3. The van der Waals surface area contributed by atoms with Gasteiger partial charge in [0.1, 0.15) is 0 Å². The third-order valence-corrected chi connectivity index (χ3v) is 4.44. The van der Waals surface area contributed by atoms with E-state index in [0.717, 1.165) is 24.4 Å². The van der Waals surface area contributed by atoms with Crippen LogP contribution >= 0.6 is 11.6 Å². The minimum absolute atomic E-state index is 0.00419. The highest BCUT2D eigenvalue weighted by Crippen LogP contribution is 2.41. The van der Waals surface area contributed by atoms with Crippen LogP contribution in [0.3, 0.4) is 0 Å². The molecule has 2 N–H and O–H groups in total. The molecule has 0 bridgehead atoms. The van der Waals surface area contributed by atoms with Crippen LogP contribution in [-0.4, -0.2) is 41.8 Å². The van der Waals surface area contributed by atoms with Gasteiger partial charge in [0.25, 0.3) is 0 Å². The van der Waals surface area contributed by atoms with Crippen molar-refractivity contribution in [1.29, 1.82) is 0 Å². The van der Waals surface area contributed by atoms with Crippen molar-refractivity contribution in [3.63, 3.8) is 0 Å². The Hall–Kier alpha value is -1.26. The molecule has 1 aromatic carbocycles. The molecule has 1 aromatic rings. The van der Waals surface area contributed by atoms with Crippen LogP contribution in [0.5, 0.6) is 0 Å². The molecule has 1 saturated carbocycles. The topological polar surface area (TPSA) is 52.6 Å². The van der Waals surface area contributed by atoms with E-state index in [1.165, 1.54) is 5.56 Å². The zero-order valence-corrected chi connectivity index (χ0v) is 12.0. The van der Waals surface area contributed by atoms with Gasteiger partial charge >= 0.3 is 6.03 Å². The summed E-state index contributed by atoms with van der Waals surface area (Å²) >= 11 is 5.99. The summed E-state index contributed by atoms with van der Waals surface area (Å²) < 4.78 is 0. The molecule has 0 radical (unpaired) electrons. The molecule has 20 heavy (non-hydrogen) atoms. The van der Waals surface area contributed by atoms with Gasteiger partial charge in [0.15, 0.2) is 0 Å². The molecule has 1 aliphatic carbocycles. The number of carbonyl (C=O) groups excluding carboxylic acids is 1. The summed E-state index contributed by atoms with van der Waals surface area (Å²) in [6.07, 6.45) is 1.87. The molecule has 2 fully saturated rings.